The molecule has 1 aliphatic heterocycles. The van der Waals surface area contributed by atoms with Crippen molar-refractivity contribution in [3.63, 3.8) is 0 Å². The number of para-hydroxylation sites is 1. The molecular weight excluding hydrogens is 264 g/mol. The number of benzene rings is 1. The van der Waals surface area contributed by atoms with Crippen LogP contribution in [0.3, 0.4) is 0 Å². The molecule has 1 saturated heterocycles. The molecule has 110 valence electrons. The van der Waals surface area contributed by atoms with Gasteiger partial charge in [-0.2, -0.15) is 0 Å². The Morgan fingerprint density at radius 3 is 2.90 bits per heavy atom. The van der Waals surface area contributed by atoms with Gasteiger partial charge in [-0.05, 0) is 30.9 Å². The second kappa shape index (κ2) is 6.08. The second-order valence-corrected chi connectivity index (χ2v) is 5.74. The number of rotatable bonds is 3. The van der Waals surface area contributed by atoms with Crippen LogP contribution in [0.4, 0.5) is 0 Å². The minimum Gasteiger partial charge on any atom is -0.342 e. The molecule has 1 aromatic carbocycles. The molecule has 1 atom stereocenters. The smallest absolute Gasteiger partial charge is 0.228 e. The Balaban J connectivity index is 1.74. The fourth-order valence-electron chi connectivity index (χ4n) is 2.85. The van der Waals surface area contributed by atoms with Crippen molar-refractivity contribution in [2.24, 2.45) is 5.92 Å². The average molecular weight is 284 g/mol. The third kappa shape index (κ3) is 3.12. The van der Waals surface area contributed by atoms with Gasteiger partial charge in [-0.25, -0.2) is 4.68 Å². The molecule has 1 fully saturated rings. The molecule has 2 heterocycles. The number of amides is 1. The number of carbonyl (C=O) groups is 1. The first-order valence-electron chi connectivity index (χ1n) is 7.47. The van der Waals surface area contributed by atoms with Crippen LogP contribution in [-0.4, -0.2) is 38.9 Å². The van der Waals surface area contributed by atoms with E-state index in [1.165, 1.54) is 6.42 Å². The largest absolute Gasteiger partial charge is 0.342 e. The number of aromatic nitrogens is 3. The van der Waals surface area contributed by atoms with E-state index in [0.29, 0.717) is 12.3 Å². The Morgan fingerprint density at radius 1 is 1.33 bits per heavy atom. The zero-order chi connectivity index (χ0) is 14.7. The summed E-state index contributed by atoms with van der Waals surface area (Å²) < 4.78 is 1.74. The summed E-state index contributed by atoms with van der Waals surface area (Å²) in [5.74, 6) is 0.765. The van der Waals surface area contributed by atoms with E-state index in [-0.39, 0.29) is 5.91 Å². The fraction of sp³-hybridized carbons (Fsp3) is 0.438. The normalized spacial score (nSPS) is 18.7. The molecule has 1 unspecified atom stereocenters. The molecule has 1 aromatic heterocycles. The molecule has 0 aliphatic carbocycles. The Kier molecular flexibility index (Phi) is 3.99. The van der Waals surface area contributed by atoms with E-state index in [9.17, 15) is 4.79 Å². The van der Waals surface area contributed by atoms with Crippen molar-refractivity contribution in [1.82, 2.24) is 19.9 Å². The molecule has 0 saturated carbocycles. The van der Waals surface area contributed by atoms with Crippen molar-refractivity contribution < 1.29 is 4.79 Å². The van der Waals surface area contributed by atoms with Crippen LogP contribution in [0.1, 0.15) is 25.5 Å². The summed E-state index contributed by atoms with van der Waals surface area (Å²) in [6, 6.07) is 9.79. The Labute approximate surface area is 124 Å². The molecule has 2 aromatic rings. The van der Waals surface area contributed by atoms with Crippen molar-refractivity contribution in [2.75, 3.05) is 13.1 Å². The van der Waals surface area contributed by atoms with Crippen molar-refractivity contribution in [3.8, 4) is 5.69 Å². The predicted molar refractivity (Wildman–Crippen MR) is 80.0 cm³/mol. The Morgan fingerprint density at radius 2 is 2.14 bits per heavy atom. The summed E-state index contributed by atoms with van der Waals surface area (Å²) in [5.41, 5.74) is 1.77. The van der Waals surface area contributed by atoms with Crippen LogP contribution in [0, 0.1) is 5.92 Å². The van der Waals surface area contributed by atoms with Crippen LogP contribution < -0.4 is 0 Å². The van der Waals surface area contributed by atoms with E-state index in [1.54, 1.807) is 10.9 Å². The minimum absolute atomic E-state index is 0.168. The molecule has 1 amide bonds. The first kappa shape index (κ1) is 13.8. The molecule has 0 bridgehead atoms. The first-order valence-corrected chi connectivity index (χ1v) is 7.47. The van der Waals surface area contributed by atoms with E-state index in [1.807, 2.05) is 35.2 Å². The van der Waals surface area contributed by atoms with Gasteiger partial charge in [-0.3, -0.25) is 4.79 Å². The summed E-state index contributed by atoms with van der Waals surface area (Å²) in [4.78, 5) is 14.4. The zero-order valence-corrected chi connectivity index (χ0v) is 12.3. The van der Waals surface area contributed by atoms with Gasteiger partial charge >= 0.3 is 0 Å². The minimum atomic E-state index is 0.168. The number of carbonyl (C=O) groups excluding carboxylic acids is 1. The molecular formula is C16H20N4O. The number of hydrogen-bond acceptors (Lipinski definition) is 3. The van der Waals surface area contributed by atoms with Crippen molar-refractivity contribution in [2.45, 2.75) is 26.2 Å². The predicted octanol–water partition coefficient (Wildman–Crippen LogP) is 2.07. The highest BCUT2D eigenvalue weighted by Crippen LogP contribution is 2.17. The van der Waals surface area contributed by atoms with Gasteiger partial charge in [0.2, 0.25) is 5.91 Å². The number of hydrogen-bond donors (Lipinski definition) is 0. The van der Waals surface area contributed by atoms with Gasteiger partial charge in [-0.15, -0.1) is 5.10 Å². The third-order valence-electron chi connectivity index (χ3n) is 3.96. The molecule has 1 aliphatic rings. The molecule has 0 spiro atoms. The Bertz CT molecular complexity index is 608. The summed E-state index contributed by atoms with van der Waals surface area (Å²) in [5, 5.41) is 8.05. The maximum atomic E-state index is 12.5. The first-order chi connectivity index (χ1) is 10.2. The molecule has 21 heavy (non-hydrogen) atoms. The van der Waals surface area contributed by atoms with Crippen LogP contribution in [0.25, 0.3) is 5.69 Å². The Hall–Kier alpha value is -2.17. The van der Waals surface area contributed by atoms with Crippen molar-refractivity contribution >= 4 is 5.91 Å². The van der Waals surface area contributed by atoms with Gasteiger partial charge in [-0.1, -0.05) is 30.3 Å². The van der Waals surface area contributed by atoms with Crippen LogP contribution in [0.2, 0.25) is 0 Å². The lowest BCUT2D eigenvalue weighted by Crippen LogP contribution is -2.40. The van der Waals surface area contributed by atoms with Crippen LogP contribution in [-0.2, 0) is 11.2 Å². The highest BCUT2D eigenvalue weighted by Gasteiger charge is 2.22. The fourth-order valence-corrected chi connectivity index (χ4v) is 2.85. The third-order valence-corrected chi connectivity index (χ3v) is 3.96. The second-order valence-electron chi connectivity index (χ2n) is 5.74. The molecule has 0 N–H and O–H groups in total. The quantitative estimate of drug-likeness (QED) is 0.867. The van der Waals surface area contributed by atoms with Gasteiger partial charge < -0.3 is 4.90 Å². The molecule has 3 rings (SSSR count). The van der Waals surface area contributed by atoms with Crippen molar-refractivity contribution in [3.05, 3.63) is 42.2 Å². The maximum Gasteiger partial charge on any atom is 0.228 e. The van der Waals surface area contributed by atoms with Gasteiger partial charge in [0.05, 0.1) is 24.0 Å². The summed E-state index contributed by atoms with van der Waals surface area (Å²) in [6.45, 7) is 3.94. The summed E-state index contributed by atoms with van der Waals surface area (Å²) in [7, 11) is 0. The number of likely N-dealkylation sites (tertiary alicyclic amines) is 1. The summed E-state index contributed by atoms with van der Waals surface area (Å²) in [6.07, 6.45) is 4.35. The lowest BCUT2D eigenvalue weighted by atomic mass is 10.00. The lowest BCUT2D eigenvalue weighted by molar-refractivity contribution is -0.132. The van der Waals surface area contributed by atoms with E-state index in [0.717, 1.165) is 30.9 Å². The lowest BCUT2D eigenvalue weighted by Gasteiger charge is -2.31. The van der Waals surface area contributed by atoms with E-state index in [2.05, 4.69) is 17.2 Å². The molecule has 5 nitrogen and oxygen atoms in total. The number of piperidine rings is 1. The van der Waals surface area contributed by atoms with Gasteiger partial charge in [0.15, 0.2) is 0 Å². The van der Waals surface area contributed by atoms with Gasteiger partial charge in [0.25, 0.3) is 0 Å². The van der Waals surface area contributed by atoms with E-state index >= 15 is 0 Å². The van der Waals surface area contributed by atoms with Crippen molar-refractivity contribution in [1.29, 1.82) is 0 Å². The van der Waals surface area contributed by atoms with E-state index in [4.69, 9.17) is 0 Å². The van der Waals surface area contributed by atoms with Gasteiger partial charge in [0, 0.05) is 13.1 Å². The molecule has 0 radical (unpaired) electrons. The zero-order valence-electron chi connectivity index (χ0n) is 12.3. The number of nitrogens with zero attached hydrogens (tertiary/aromatic N) is 4. The highest BCUT2D eigenvalue weighted by molar-refractivity contribution is 5.78. The van der Waals surface area contributed by atoms with Crippen LogP contribution >= 0.6 is 0 Å². The monoisotopic (exact) mass is 284 g/mol. The standard InChI is InChI=1S/C16H20N4O/c1-13-6-5-9-19(12-13)16(21)10-15-11-17-18-20(15)14-7-3-2-4-8-14/h2-4,7-8,11,13H,5-6,9-10,12H2,1H3. The maximum absolute atomic E-state index is 12.5. The SMILES string of the molecule is CC1CCCN(C(=O)Cc2cnnn2-c2ccccc2)C1. The topological polar surface area (TPSA) is 51.0 Å². The van der Waals surface area contributed by atoms with Crippen LogP contribution in [0.5, 0.6) is 0 Å². The van der Waals surface area contributed by atoms with Gasteiger partial charge in [0.1, 0.15) is 0 Å². The highest BCUT2D eigenvalue weighted by atomic mass is 16.2. The van der Waals surface area contributed by atoms with Crippen LogP contribution in [0.15, 0.2) is 36.5 Å². The average Bonchev–Trinajstić information content (AvgIpc) is 2.96. The molecule has 5 heteroatoms. The van der Waals surface area contributed by atoms with E-state index < -0.39 is 0 Å². The summed E-state index contributed by atoms with van der Waals surface area (Å²) >= 11 is 0.